The van der Waals surface area contributed by atoms with Crippen LogP contribution in [0.1, 0.15) is 43.7 Å². The number of hydrogen-bond donors (Lipinski definition) is 1. The van der Waals surface area contributed by atoms with Gasteiger partial charge >= 0.3 is 5.97 Å². The fourth-order valence-corrected chi connectivity index (χ4v) is 3.38. The van der Waals surface area contributed by atoms with Crippen LogP contribution in [-0.4, -0.2) is 20.9 Å². The molecule has 0 radical (unpaired) electrons. The molecule has 0 atom stereocenters. The van der Waals surface area contributed by atoms with Crippen molar-refractivity contribution in [2.75, 3.05) is 0 Å². The van der Waals surface area contributed by atoms with Crippen LogP contribution in [0.25, 0.3) is 10.1 Å². The van der Waals surface area contributed by atoms with Crippen LogP contribution >= 0.6 is 11.3 Å². The molecule has 0 saturated heterocycles. The van der Waals surface area contributed by atoms with Crippen molar-refractivity contribution in [3.8, 4) is 0 Å². The molecular weight excluding hydrogens is 276 g/mol. The van der Waals surface area contributed by atoms with Crippen molar-refractivity contribution in [3.63, 3.8) is 0 Å². The van der Waals surface area contributed by atoms with Crippen molar-refractivity contribution in [1.29, 1.82) is 0 Å². The number of carboxylic acids is 1. The highest BCUT2D eigenvalue weighted by atomic mass is 32.1. The van der Waals surface area contributed by atoms with Gasteiger partial charge < -0.3 is 5.11 Å². The monoisotopic (exact) mass is 294 g/mol. The predicted molar refractivity (Wildman–Crippen MR) is 79.6 cm³/mol. The zero-order valence-electron chi connectivity index (χ0n) is 11.8. The lowest BCUT2D eigenvalue weighted by Crippen LogP contribution is -2.27. The Balaban J connectivity index is 2.70. The molecule has 0 aliphatic carbocycles. The summed E-state index contributed by atoms with van der Waals surface area (Å²) in [4.78, 5) is 24.3. The number of carbonyl (C=O) groups is 1. The van der Waals surface area contributed by atoms with Gasteiger partial charge in [0.25, 0.3) is 5.56 Å². The summed E-state index contributed by atoms with van der Waals surface area (Å²) in [5.74, 6) is -0.916. The van der Waals surface area contributed by atoms with Crippen LogP contribution in [0.15, 0.2) is 10.9 Å². The van der Waals surface area contributed by atoms with Gasteiger partial charge in [-0.3, -0.25) is 9.59 Å². The fraction of sp³-hybridized carbons (Fsp3) is 0.500. The van der Waals surface area contributed by atoms with E-state index in [-0.39, 0.29) is 11.5 Å². The summed E-state index contributed by atoms with van der Waals surface area (Å²) >= 11 is 1.46. The molecular formula is C14H18N2O3S. The largest absolute Gasteiger partial charge is 0.480 e. The van der Waals surface area contributed by atoms with Crippen LogP contribution in [0.3, 0.4) is 0 Å². The van der Waals surface area contributed by atoms with Crippen LogP contribution in [0, 0.1) is 0 Å². The molecule has 0 unspecified atom stereocenters. The molecule has 0 aromatic carbocycles. The highest BCUT2D eigenvalue weighted by Crippen LogP contribution is 2.29. The second kappa shape index (κ2) is 5.75. The van der Waals surface area contributed by atoms with Crippen molar-refractivity contribution in [1.82, 2.24) is 9.78 Å². The summed E-state index contributed by atoms with van der Waals surface area (Å²) in [6, 6.07) is 2.03. The molecule has 2 heterocycles. The Hall–Kier alpha value is -1.69. The molecule has 2 rings (SSSR count). The third-order valence-electron chi connectivity index (χ3n) is 3.04. The highest BCUT2D eigenvalue weighted by molar-refractivity contribution is 7.19. The number of carboxylic acid groups (broad SMARTS) is 1. The van der Waals surface area contributed by atoms with Crippen LogP contribution in [-0.2, 0) is 17.8 Å². The van der Waals surface area contributed by atoms with Crippen molar-refractivity contribution in [3.05, 3.63) is 27.0 Å². The van der Waals surface area contributed by atoms with E-state index in [4.69, 9.17) is 5.11 Å². The maximum absolute atomic E-state index is 12.3. The maximum Gasteiger partial charge on any atom is 0.325 e. The minimum Gasteiger partial charge on any atom is -0.480 e. The quantitative estimate of drug-likeness (QED) is 0.920. The molecule has 0 aliphatic heterocycles. The van der Waals surface area contributed by atoms with Gasteiger partial charge in [-0.15, -0.1) is 11.3 Å². The van der Waals surface area contributed by atoms with E-state index in [1.807, 2.05) is 19.9 Å². The van der Waals surface area contributed by atoms with Crippen molar-refractivity contribution >= 4 is 27.4 Å². The van der Waals surface area contributed by atoms with Gasteiger partial charge in [0.1, 0.15) is 11.2 Å². The summed E-state index contributed by atoms with van der Waals surface area (Å²) in [5.41, 5.74) is 0.485. The standard InChI is InChI=1S/C14H18N2O3S/c1-4-5-9-6-10-12(8(2)3)15-16(7-11(17)18)14(19)13(10)20-9/h6,8H,4-5,7H2,1-3H3,(H,17,18). The third-order valence-corrected chi connectivity index (χ3v) is 4.23. The number of hydrogen-bond acceptors (Lipinski definition) is 4. The summed E-state index contributed by atoms with van der Waals surface area (Å²) in [7, 11) is 0. The molecule has 0 fully saturated rings. The lowest BCUT2D eigenvalue weighted by atomic mass is 10.1. The lowest BCUT2D eigenvalue weighted by Gasteiger charge is -2.09. The third kappa shape index (κ3) is 2.75. The average Bonchev–Trinajstić information content (AvgIpc) is 2.76. The minimum absolute atomic E-state index is 0.141. The summed E-state index contributed by atoms with van der Waals surface area (Å²) in [6.45, 7) is 5.69. The van der Waals surface area contributed by atoms with Gasteiger partial charge in [-0.2, -0.15) is 5.10 Å². The van der Waals surface area contributed by atoms with Gasteiger partial charge in [0.05, 0.1) is 5.69 Å². The molecule has 2 aromatic heterocycles. The Kier molecular flexibility index (Phi) is 4.23. The summed E-state index contributed by atoms with van der Waals surface area (Å²) < 4.78 is 1.68. The smallest absolute Gasteiger partial charge is 0.325 e. The van der Waals surface area contributed by atoms with Crippen LogP contribution in [0.4, 0.5) is 0 Å². The molecule has 0 bridgehead atoms. The van der Waals surface area contributed by atoms with E-state index in [1.54, 1.807) is 0 Å². The van der Waals surface area contributed by atoms with E-state index in [0.29, 0.717) is 4.70 Å². The molecule has 0 amide bonds. The molecule has 1 N–H and O–H groups in total. The van der Waals surface area contributed by atoms with E-state index in [9.17, 15) is 9.59 Å². The molecule has 6 heteroatoms. The molecule has 5 nitrogen and oxygen atoms in total. The summed E-state index contributed by atoms with van der Waals surface area (Å²) in [6.07, 6.45) is 1.94. The first-order valence-corrected chi connectivity index (χ1v) is 7.50. The van der Waals surface area contributed by atoms with E-state index in [0.717, 1.165) is 33.5 Å². The molecule has 0 spiro atoms. The van der Waals surface area contributed by atoms with Gasteiger partial charge in [0, 0.05) is 10.3 Å². The Labute approximate surface area is 120 Å². The van der Waals surface area contributed by atoms with E-state index in [2.05, 4.69) is 12.0 Å². The van der Waals surface area contributed by atoms with Crippen LogP contribution in [0.5, 0.6) is 0 Å². The second-order valence-electron chi connectivity index (χ2n) is 5.10. The zero-order valence-corrected chi connectivity index (χ0v) is 12.7. The maximum atomic E-state index is 12.3. The second-order valence-corrected chi connectivity index (χ2v) is 6.24. The number of aryl methyl sites for hydroxylation is 1. The number of thiophene rings is 1. The lowest BCUT2D eigenvalue weighted by molar-refractivity contribution is -0.138. The number of rotatable bonds is 5. The Morgan fingerprint density at radius 1 is 1.50 bits per heavy atom. The minimum atomic E-state index is -1.06. The average molecular weight is 294 g/mol. The van der Waals surface area contributed by atoms with Crippen molar-refractivity contribution in [2.45, 2.75) is 46.1 Å². The summed E-state index contributed by atoms with van der Waals surface area (Å²) in [5, 5.41) is 14.0. The SMILES string of the molecule is CCCc1cc2c(C(C)C)nn(CC(=O)O)c(=O)c2s1. The first kappa shape index (κ1) is 14.7. The van der Waals surface area contributed by atoms with Crippen LogP contribution in [0.2, 0.25) is 0 Å². The van der Waals surface area contributed by atoms with Crippen molar-refractivity contribution < 1.29 is 9.90 Å². The number of fused-ring (bicyclic) bond motifs is 1. The first-order chi connectivity index (χ1) is 9.43. The zero-order chi connectivity index (χ0) is 14.9. The number of nitrogens with zero attached hydrogens (tertiary/aromatic N) is 2. The molecule has 108 valence electrons. The van der Waals surface area contributed by atoms with E-state index < -0.39 is 12.5 Å². The van der Waals surface area contributed by atoms with E-state index in [1.165, 1.54) is 11.3 Å². The predicted octanol–water partition coefficient (Wildman–Crippen LogP) is 2.62. The van der Waals surface area contributed by atoms with Gasteiger partial charge in [0.2, 0.25) is 0 Å². The van der Waals surface area contributed by atoms with E-state index >= 15 is 0 Å². The van der Waals surface area contributed by atoms with Gasteiger partial charge in [-0.25, -0.2) is 4.68 Å². The van der Waals surface area contributed by atoms with Crippen molar-refractivity contribution in [2.24, 2.45) is 0 Å². The van der Waals surface area contributed by atoms with Gasteiger partial charge in [-0.1, -0.05) is 27.2 Å². The Bertz CT molecular complexity index is 700. The fourth-order valence-electron chi connectivity index (χ4n) is 2.17. The Morgan fingerprint density at radius 3 is 2.75 bits per heavy atom. The molecule has 0 aliphatic rings. The highest BCUT2D eigenvalue weighted by Gasteiger charge is 2.17. The molecule has 2 aromatic rings. The topological polar surface area (TPSA) is 72.2 Å². The number of aromatic nitrogens is 2. The first-order valence-electron chi connectivity index (χ1n) is 6.69. The number of aliphatic carboxylic acids is 1. The normalized spacial score (nSPS) is 11.4. The van der Waals surface area contributed by atoms with Gasteiger partial charge in [-0.05, 0) is 18.4 Å². The molecule has 20 heavy (non-hydrogen) atoms. The van der Waals surface area contributed by atoms with Crippen LogP contribution < -0.4 is 5.56 Å². The Morgan fingerprint density at radius 2 is 2.20 bits per heavy atom. The van der Waals surface area contributed by atoms with Gasteiger partial charge in [0.15, 0.2) is 0 Å². The molecule has 0 saturated carbocycles.